The van der Waals surface area contributed by atoms with Crippen molar-refractivity contribution in [1.29, 1.82) is 0 Å². The molecule has 1 aromatic carbocycles. The van der Waals surface area contributed by atoms with Gasteiger partial charge in [-0.25, -0.2) is 0 Å². The summed E-state index contributed by atoms with van der Waals surface area (Å²) < 4.78 is 11.1. The fraction of sp³-hybridized carbons (Fsp3) is 0.667. The van der Waals surface area contributed by atoms with E-state index in [1.807, 2.05) is 18.2 Å². The Bertz CT molecular complexity index is 456. The summed E-state index contributed by atoms with van der Waals surface area (Å²) in [6.07, 6.45) is 6.31. The number of methoxy groups -OCH3 is 1. The van der Waals surface area contributed by atoms with E-state index in [0.717, 1.165) is 55.7 Å². The first kappa shape index (κ1) is 17.1. The van der Waals surface area contributed by atoms with Crippen LogP contribution in [0.4, 0.5) is 0 Å². The third-order valence-electron chi connectivity index (χ3n) is 4.26. The molecule has 0 heterocycles. The molecule has 1 aliphatic rings. The largest absolute Gasteiger partial charge is 0.493 e. The van der Waals surface area contributed by atoms with Gasteiger partial charge in [0.15, 0.2) is 11.5 Å². The summed E-state index contributed by atoms with van der Waals surface area (Å²) in [7, 11) is 1.66. The van der Waals surface area contributed by atoms with Gasteiger partial charge in [0.05, 0.1) is 19.3 Å². The van der Waals surface area contributed by atoms with Gasteiger partial charge in [0.1, 0.15) is 0 Å². The third-order valence-corrected chi connectivity index (χ3v) is 4.26. The Balaban J connectivity index is 1.89. The molecule has 0 bridgehead atoms. The first-order valence-electron chi connectivity index (χ1n) is 8.40. The van der Waals surface area contributed by atoms with Crippen LogP contribution in [0.5, 0.6) is 11.5 Å². The second-order valence-corrected chi connectivity index (χ2v) is 6.22. The van der Waals surface area contributed by atoms with E-state index >= 15 is 0 Å². The molecule has 0 aromatic heterocycles. The molecule has 2 N–H and O–H groups in total. The highest BCUT2D eigenvalue weighted by atomic mass is 16.5. The van der Waals surface area contributed by atoms with E-state index in [9.17, 15) is 5.11 Å². The number of rotatable bonds is 8. The molecular formula is C18H29NO3. The highest BCUT2D eigenvalue weighted by molar-refractivity contribution is 5.42. The van der Waals surface area contributed by atoms with Gasteiger partial charge in [-0.05, 0) is 37.0 Å². The Morgan fingerprint density at radius 3 is 2.64 bits per heavy atom. The lowest BCUT2D eigenvalue weighted by atomic mass is 9.85. The average molecular weight is 307 g/mol. The highest BCUT2D eigenvalue weighted by Gasteiger charge is 2.28. The molecule has 0 atom stereocenters. The van der Waals surface area contributed by atoms with E-state index in [-0.39, 0.29) is 0 Å². The quantitative estimate of drug-likeness (QED) is 0.774. The summed E-state index contributed by atoms with van der Waals surface area (Å²) in [5.74, 6) is 1.56. The van der Waals surface area contributed by atoms with Crippen LogP contribution in [0, 0.1) is 0 Å². The van der Waals surface area contributed by atoms with Crippen molar-refractivity contribution in [2.75, 3.05) is 20.3 Å². The first-order valence-corrected chi connectivity index (χ1v) is 8.40. The van der Waals surface area contributed by atoms with E-state index in [1.54, 1.807) is 7.11 Å². The molecule has 1 aromatic rings. The molecule has 22 heavy (non-hydrogen) atoms. The third kappa shape index (κ3) is 4.89. The minimum absolute atomic E-state index is 0.522. The molecule has 0 amide bonds. The highest BCUT2D eigenvalue weighted by Crippen LogP contribution is 2.29. The van der Waals surface area contributed by atoms with Crippen molar-refractivity contribution in [1.82, 2.24) is 5.32 Å². The van der Waals surface area contributed by atoms with E-state index in [2.05, 4.69) is 12.2 Å². The maximum absolute atomic E-state index is 10.5. The van der Waals surface area contributed by atoms with Gasteiger partial charge in [0.25, 0.3) is 0 Å². The van der Waals surface area contributed by atoms with Gasteiger partial charge in [-0.3, -0.25) is 0 Å². The van der Waals surface area contributed by atoms with Crippen LogP contribution in [0.3, 0.4) is 0 Å². The SMILES string of the molecule is CCCOc1cc(CNCC2(O)CCCCC2)ccc1OC. The summed E-state index contributed by atoms with van der Waals surface area (Å²) in [4.78, 5) is 0. The van der Waals surface area contributed by atoms with Crippen LogP contribution in [0.15, 0.2) is 18.2 Å². The summed E-state index contributed by atoms with van der Waals surface area (Å²) in [6.45, 7) is 4.16. The Hall–Kier alpha value is -1.26. The molecule has 0 unspecified atom stereocenters. The van der Waals surface area contributed by atoms with Crippen molar-refractivity contribution in [2.45, 2.75) is 57.6 Å². The molecular weight excluding hydrogens is 278 g/mol. The predicted molar refractivity (Wildman–Crippen MR) is 88.5 cm³/mol. The Morgan fingerprint density at radius 2 is 1.95 bits per heavy atom. The van der Waals surface area contributed by atoms with Crippen molar-refractivity contribution in [3.8, 4) is 11.5 Å². The topological polar surface area (TPSA) is 50.7 Å². The lowest BCUT2D eigenvalue weighted by molar-refractivity contribution is 0.00467. The summed E-state index contributed by atoms with van der Waals surface area (Å²) in [6, 6.07) is 6.00. The van der Waals surface area contributed by atoms with Crippen LogP contribution >= 0.6 is 0 Å². The maximum atomic E-state index is 10.5. The van der Waals surface area contributed by atoms with Crippen molar-refractivity contribution in [2.24, 2.45) is 0 Å². The molecule has 0 saturated heterocycles. The van der Waals surface area contributed by atoms with Crippen LogP contribution in [-0.2, 0) is 6.54 Å². The molecule has 4 heteroatoms. The monoisotopic (exact) mass is 307 g/mol. The summed E-state index contributed by atoms with van der Waals surface area (Å²) >= 11 is 0. The lowest BCUT2D eigenvalue weighted by Crippen LogP contribution is -2.41. The van der Waals surface area contributed by atoms with E-state index in [4.69, 9.17) is 9.47 Å². The first-order chi connectivity index (χ1) is 10.7. The predicted octanol–water partition coefficient (Wildman–Crippen LogP) is 3.27. The molecule has 0 aliphatic heterocycles. The van der Waals surface area contributed by atoms with Gasteiger partial charge >= 0.3 is 0 Å². The van der Waals surface area contributed by atoms with E-state index in [1.165, 1.54) is 6.42 Å². The van der Waals surface area contributed by atoms with Gasteiger partial charge < -0.3 is 19.9 Å². The van der Waals surface area contributed by atoms with Gasteiger partial charge in [0, 0.05) is 13.1 Å². The Morgan fingerprint density at radius 1 is 1.18 bits per heavy atom. The molecule has 1 fully saturated rings. The zero-order valence-corrected chi connectivity index (χ0v) is 13.9. The van der Waals surface area contributed by atoms with Gasteiger partial charge in [-0.15, -0.1) is 0 Å². The summed E-state index contributed by atoms with van der Waals surface area (Å²) in [5.41, 5.74) is 0.623. The number of hydrogen-bond acceptors (Lipinski definition) is 4. The van der Waals surface area contributed by atoms with E-state index < -0.39 is 5.60 Å². The number of hydrogen-bond donors (Lipinski definition) is 2. The average Bonchev–Trinajstić information content (AvgIpc) is 2.53. The van der Waals surface area contributed by atoms with Gasteiger partial charge in [-0.2, -0.15) is 0 Å². The minimum Gasteiger partial charge on any atom is -0.493 e. The van der Waals surface area contributed by atoms with Crippen molar-refractivity contribution < 1.29 is 14.6 Å². The minimum atomic E-state index is -0.522. The van der Waals surface area contributed by atoms with Gasteiger partial charge in [-0.1, -0.05) is 32.3 Å². The van der Waals surface area contributed by atoms with Crippen LogP contribution in [-0.4, -0.2) is 31.0 Å². The smallest absolute Gasteiger partial charge is 0.161 e. The molecule has 4 nitrogen and oxygen atoms in total. The van der Waals surface area contributed by atoms with Crippen molar-refractivity contribution >= 4 is 0 Å². The fourth-order valence-electron chi connectivity index (χ4n) is 2.98. The Labute approximate surface area is 133 Å². The standard InChI is InChI=1S/C18H29NO3/c1-3-11-22-17-12-15(7-8-16(17)21-2)13-19-14-18(20)9-5-4-6-10-18/h7-8,12,19-20H,3-6,9-11,13-14H2,1-2H3. The number of benzene rings is 1. The lowest BCUT2D eigenvalue weighted by Gasteiger charge is -2.32. The van der Waals surface area contributed by atoms with Crippen molar-refractivity contribution in [3.63, 3.8) is 0 Å². The van der Waals surface area contributed by atoms with Crippen LogP contribution < -0.4 is 14.8 Å². The maximum Gasteiger partial charge on any atom is 0.161 e. The second kappa shape index (κ2) is 8.39. The summed E-state index contributed by atoms with van der Waals surface area (Å²) in [5, 5.41) is 13.9. The van der Waals surface area contributed by atoms with Crippen molar-refractivity contribution in [3.05, 3.63) is 23.8 Å². The van der Waals surface area contributed by atoms with Crippen LogP contribution in [0.1, 0.15) is 51.0 Å². The Kier molecular flexibility index (Phi) is 6.52. The van der Waals surface area contributed by atoms with E-state index in [0.29, 0.717) is 13.2 Å². The molecule has 1 aliphatic carbocycles. The molecule has 2 rings (SSSR count). The van der Waals surface area contributed by atoms with Crippen LogP contribution in [0.25, 0.3) is 0 Å². The zero-order chi connectivity index (χ0) is 15.8. The van der Waals surface area contributed by atoms with Crippen LogP contribution in [0.2, 0.25) is 0 Å². The fourth-order valence-corrected chi connectivity index (χ4v) is 2.98. The molecule has 0 radical (unpaired) electrons. The zero-order valence-electron chi connectivity index (χ0n) is 13.9. The second-order valence-electron chi connectivity index (χ2n) is 6.22. The number of ether oxygens (including phenoxy) is 2. The molecule has 1 saturated carbocycles. The molecule has 124 valence electrons. The molecule has 0 spiro atoms. The normalized spacial score (nSPS) is 17.2. The number of nitrogens with one attached hydrogen (secondary N) is 1. The van der Waals surface area contributed by atoms with Gasteiger partial charge in [0.2, 0.25) is 0 Å². The number of aliphatic hydroxyl groups is 1.